The van der Waals surface area contributed by atoms with Gasteiger partial charge in [0.15, 0.2) is 28.9 Å². The SMILES string of the molecule is O=C(NC(C(F)(F)F)C(F)(F)F)c1cn(-c2c(F)cc(F)cc2F)c2nc(N3CCOCC3)c(F)cc2c1=O. The first-order chi connectivity index (χ1) is 18.1. The fourth-order valence-corrected chi connectivity index (χ4v) is 3.87. The van der Waals surface area contributed by atoms with E-state index < -0.39 is 81.1 Å². The summed E-state index contributed by atoms with van der Waals surface area (Å²) in [5.74, 6) is -8.57. The van der Waals surface area contributed by atoms with Crippen molar-refractivity contribution in [1.29, 1.82) is 0 Å². The summed E-state index contributed by atoms with van der Waals surface area (Å²) in [4.78, 5) is 30.7. The second-order valence-corrected chi connectivity index (χ2v) is 8.21. The second kappa shape index (κ2) is 10.0. The Morgan fingerprint density at radius 2 is 1.49 bits per heavy atom. The summed E-state index contributed by atoms with van der Waals surface area (Å²) < 4.78 is 141. The fraction of sp³-hybridized carbons (Fsp3) is 0.318. The predicted molar refractivity (Wildman–Crippen MR) is 114 cm³/mol. The minimum absolute atomic E-state index is 0.0929. The van der Waals surface area contributed by atoms with Gasteiger partial charge in [-0.1, -0.05) is 0 Å². The van der Waals surface area contributed by atoms with E-state index in [0.29, 0.717) is 16.0 Å². The highest BCUT2D eigenvalue weighted by molar-refractivity contribution is 5.97. The first-order valence-corrected chi connectivity index (χ1v) is 10.8. The van der Waals surface area contributed by atoms with Crippen LogP contribution in [0.4, 0.5) is 49.7 Å². The summed E-state index contributed by atoms with van der Waals surface area (Å²) in [6.45, 7) is 0.448. The van der Waals surface area contributed by atoms with Gasteiger partial charge in [-0.05, 0) is 6.07 Å². The summed E-state index contributed by atoms with van der Waals surface area (Å²) in [6, 6.07) is -3.60. The molecule has 1 saturated heterocycles. The number of alkyl halides is 6. The number of carbonyl (C=O) groups is 1. The summed E-state index contributed by atoms with van der Waals surface area (Å²) >= 11 is 0. The van der Waals surface area contributed by atoms with Crippen molar-refractivity contribution in [3.05, 3.63) is 63.5 Å². The molecular formula is C22H14F10N4O3. The lowest BCUT2D eigenvalue weighted by Gasteiger charge is -2.28. The highest BCUT2D eigenvalue weighted by atomic mass is 19.4. The lowest BCUT2D eigenvalue weighted by molar-refractivity contribution is -0.255. The van der Waals surface area contributed by atoms with E-state index in [4.69, 9.17) is 4.74 Å². The van der Waals surface area contributed by atoms with E-state index >= 15 is 0 Å². The number of pyridine rings is 2. The largest absolute Gasteiger partial charge is 0.417 e. The van der Waals surface area contributed by atoms with Crippen molar-refractivity contribution in [2.45, 2.75) is 18.4 Å². The molecule has 3 heterocycles. The molecule has 0 unspecified atom stereocenters. The number of rotatable bonds is 4. The van der Waals surface area contributed by atoms with Crippen LogP contribution >= 0.6 is 0 Å². The number of anilines is 1. The maximum Gasteiger partial charge on any atom is 0.417 e. The van der Waals surface area contributed by atoms with Gasteiger partial charge < -0.3 is 15.0 Å². The molecule has 0 bridgehead atoms. The predicted octanol–water partition coefficient (Wildman–Crippen LogP) is 4.00. The summed E-state index contributed by atoms with van der Waals surface area (Å²) in [6.07, 6.45) is -11.9. The smallest absolute Gasteiger partial charge is 0.378 e. The number of nitrogens with zero attached hydrogens (tertiary/aromatic N) is 3. The van der Waals surface area contributed by atoms with Crippen molar-refractivity contribution in [2.24, 2.45) is 0 Å². The van der Waals surface area contributed by atoms with E-state index in [-0.39, 0.29) is 44.6 Å². The lowest BCUT2D eigenvalue weighted by atomic mass is 10.1. The molecule has 1 aromatic carbocycles. The highest BCUT2D eigenvalue weighted by Gasteiger charge is 2.57. The quantitative estimate of drug-likeness (QED) is 0.479. The monoisotopic (exact) mass is 572 g/mol. The Balaban J connectivity index is 1.99. The first kappa shape index (κ1) is 28.1. The molecule has 0 radical (unpaired) electrons. The molecular weight excluding hydrogens is 558 g/mol. The summed E-state index contributed by atoms with van der Waals surface area (Å²) in [5.41, 5.74) is -4.99. The number of halogens is 10. The minimum atomic E-state index is -6.04. The standard InChI is InChI=1S/C22H14F10N4O3/c23-9-5-12(24)15(13(25)6-9)36-8-11(19(38)34-20(21(27,28)29)22(30,31)32)16(37)10-7-14(26)18(33-17(10)36)35-1-3-39-4-2-35/h5-8,20H,1-4H2,(H,34,38). The van der Waals surface area contributed by atoms with Gasteiger partial charge in [-0.25, -0.2) is 22.5 Å². The average molecular weight is 572 g/mol. The fourth-order valence-electron chi connectivity index (χ4n) is 3.87. The Hall–Kier alpha value is -3.89. The topological polar surface area (TPSA) is 76.5 Å². The Labute approximate surface area is 210 Å². The Kier molecular flexibility index (Phi) is 7.22. The molecule has 0 aliphatic carbocycles. The van der Waals surface area contributed by atoms with Gasteiger partial charge in [0.2, 0.25) is 11.5 Å². The number of fused-ring (bicyclic) bond motifs is 1. The molecule has 39 heavy (non-hydrogen) atoms. The molecule has 3 aromatic rings. The van der Waals surface area contributed by atoms with E-state index in [1.807, 2.05) is 0 Å². The third kappa shape index (κ3) is 5.48. The zero-order valence-corrected chi connectivity index (χ0v) is 19.1. The van der Waals surface area contributed by atoms with Crippen molar-refractivity contribution >= 4 is 22.8 Å². The summed E-state index contributed by atoms with van der Waals surface area (Å²) in [7, 11) is 0. The Morgan fingerprint density at radius 1 is 0.923 bits per heavy atom. The van der Waals surface area contributed by atoms with Crippen LogP contribution in [0.3, 0.4) is 0 Å². The van der Waals surface area contributed by atoms with Crippen molar-refractivity contribution in [1.82, 2.24) is 14.9 Å². The van der Waals surface area contributed by atoms with Gasteiger partial charge >= 0.3 is 12.4 Å². The molecule has 2 aromatic heterocycles. The molecule has 1 aliphatic rings. The van der Waals surface area contributed by atoms with E-state index in [2.05, 4.69) is 4.98 Å². The van der Waals surface area contributed by atoms with Crippen molar-refractivity contribution in [2.75, 3.05) is 31.2 Å². The number of hydrogen-bond donors (Lipinski definition) is 1. The van der Waals surface area contributed by atoms with E-state index in [0.717, 1.165) is 0 Å². The minimum Gasteiger partial charge on any atom is -0.378 e. The molecule has 1 amide bonds. The third-order valence-corrected chi connectivity index (χ3v) is 5.62. The number of hydrogen-bond acceptors (Lipinski definition) is 5. The van der Waals surface area contributed by atoms with Gasteiger partial charge in [-0.15, -0.1) is 0 Å². The normalized spacial score (nSPS) is 14.8. The third-order valence-electron chi connectivity index (χ3n) is 5.62. The van der Waals surface area contributed by atoms with Crippen molar-refractivity contribution in [3.63, 3.8) is 0 Å². The molecule has 0 saturated carbocycles. The Morgan fingerprint density at radius 3 is 2.03 bits per heavy atom. The molecule has 210 valence electrons. The van der Waals surface area contributed by atoms with Gasteiger partial charge in [0.25, 0.3) is 5.91 Å². The van der Waals surface area contributed by atoms with Gasteiger partial charge in [0, 0.05) is 31.4 Å². The molecule has 7 nitrogen and oxygen atoms in total. The zero-order valence-electron chi connectivity index (χ0n) is 19.1. The lowest BCUT2D eigenvalue weighted by Crippen LogP contribution is -2.55. The van der Waals surface area contributed by atoms with Gasteiger partial charge in [0.1, 0.15) is 17.1 Å². The van der Waals surface area contributed by atoms with E-state index in [9.17, 15) is 53.5 Å². The number of ether oxygens (including phenoxy) is 1. The van der Waals surface area contributed by atoms with Crippen LogP contribution < -0.4 is 15.6 Å². The molecule has 0 spiro atoms. The highest BCUT2D eigenvalue weighted by Crippen LogP contribution is 2.33. The van der Waals surface area contributed by atoms with Crippen molar-refractivity contribution in [3.8, 4) is 5.69 Å². The molecule has 0 atom stereocenters. The molecule has 1 aliphatic heterocycles. The van der Waals surface area contributed by atoms with Crippen LogP contribution in [0.15, 0.2) is 29.2 Å². The summed E-state index contributed by atoms with van der Waals surface area (Å²) in [5, 5.41) is -0.293. The van der Waals surface area contributed by atoms with Crippen molar-refractivity contribution < 1.29 is 53.4 Å². The van der Waals surface area contributed by atoms with Crippen LogP contribution in [-0.4, -0.2) is 60.2 Å². The molecule has 17 heteroatoms. The second-order valence-electron chi connectivity index (χ2n) is 8.21. The Bertz CT molecular complexity index is 1460. The maximum atomic E-state index is 15.0. The van der Waals surface area contributed by atoms with Gasteiger partial charge in [-0.2, -0.15) is 26.3 Å². The van der Waals surface area contributed by atoms with Gasteiger partial charge in [0.05, 0.1) is 18.6 Å². The number of nitrogens with one attached hydrogen (secondary N) is 1. The molecule has 1 N–H and O–H groups in total. The first-order valence-electron chi connectivity index (χ1n) is 10.8. The zero-order chi connectivity index (χ0) is 28.9. The van der Waals surface area contributed by atoms with Crippen LogP contribution in [0.5, 0.6) is 0 Å². The number of benzene rings is 1. The van der Waals surface area contributed by atoms with Crippen LogP contribution in [0, 0.1) is 23.3 Å². The van der Waals surface area contributed by atoms with Crippen LogP contribution in [0.25, 0.3) is 16.7 Å². The molecule has 4 rings (SSSR count). The molecule has 1 fully saturated rings. The van der Waals surface area contributed by atoms with Crippen LogP contribution in [0.1, 0.15) is 10.4 Å². The number of amides is 1. The number of aromatic nitrogens is 2. The van der Waals surface area contributed by atoms with Crippen LogP contribution in [0.2, 0.25) is 0 Å². The number of morpholine rings is 1. The van der Waals surface area contributed by atoms with E-state index in [1.54, 1.807) is 0 Å². The van der Waals surface area contributed by atoms with Crippen LogP contribution in [-0.2, 0) is 4.74 Å². The maximum absolute atomic E-state index is 15.0. The van der Waals surface area contributed by atoms with E-state index in [1.165, 1.54) is 4.90 Å². The number of carbonyl (C=O) groups excluding carboxylic acids is 1. The average Bonchev–Trinajstić information content (AvgIpc) is 2.82. The van der Waals surface area contributed by atoms with Gasteiger partial charge in [-0.3, -0.25) is 14.2 Å².